The summed E-state index contributed by atoms with van der Waals surface area (Å²) in [7, 11) is -4.77. The van der Waals surface area contributed by atoms with Crippen LogP contribution in [0, 0.1) is 0 Å². The fraction of sp³-hybridized carbons (Fsp3) is 0.778. The molecule has 0 heterocycles. The van der Waals surface area contributed by atoms with Crippen LogP contribution in [-0.2, 0) is 13.0 Å². The van der Waals surface area contributed by atoms with Crippen LogP contribution in [0.2, 0.25) is 13.1 Å². The molecule has 23 heavy (non-hydrogen) atoms. The lowest BCUT2D eigenvalue weighted by atomic mass is 10.2. The lowest BCUT2D eigenvalue weighted by Gasteiger charge is -2.33. The van der Waals surface area contributed by atoms with Gasteiger partial charge in [-0.3, -0.25) is 0 Å². The molecule has 0 aromatic carbocycles. The highest BCUT2D eigenvalue weighted by atomic mass is 28.5. The first-order valence-corrected chi connectivity index (χ1v) is 14.0. The van der Waals surface area contributed by atoms with Gasteiger partial charge in [-0.15, -0.1) is 13.2 Å². The zero-order valence-corrected chi connectivity index (χ0v) is 17.9. The molecule has 136 valence electrons. The molecule has 0 bridgehead atoms. The van der Waals surface area contributed by atoms with Crippen LogP contribution >= 0.6 is 0 Å². The summed E-state index contributed by atoms with van der Waals surface area (Å²) in [5.74, 6) is 0. The van der Waals surface area contributed by atoms with Crippen molar-refractivity contribution >= 4 is 17.1 Å². The summed E-state index contributed by atoms with van der Waals surface area (Å²) in [5, 5.41) is 0. The van der Waals surface area contributed by atoms with Crippen molar-refractivity contribution in [1.29, 1.82) is 0 Å². The van der Waals surface area contributed by atoms with E-state index in [4.69, 9.17) is 13.0 Å². The molecular formula is C18H38O3Si2. The van der Waals surface area contributed by atoms with E-state index in [1.807, 2.05) is 17.9 Å². The first-order valence-electron chi connectivity index (χ1n) is 9.20. The van der Waals surface area contributed by atoms with Crippen molar-refractivity contribution in [3.8, 4) is 0 Å². The van der Waals surface area contributed by atoms with Crippen LogP contribution in [0.25, 0.3) is 0 Å². The summed E-state index contributed by atoms with van der Waals surface area (Å²) >= 11 is 0. The van der Waals surface area contributed by atoms with Crippen molar-refractivity contribution in [2.75, 3.05) is 13.2 Å². The van der Waals surface area contributed by atoms with Gasteiger partial charge in [0.2, 0.25) is 0 Å². The molecule has 2 unspecified atom stereocenters. The molecule has 3 nitrogen and oxygen atoms in total. The third kappa shape index (κ3) is 11.1. The molecule has 0 saturated carbocycles. The molecule has 0 aliphatic heterocycles. The number of hydrogen-bond acceptors (Lipinski definition) is 3. The van der Waals surface area contributed by atoms with Gasteiger partial charge < -0.3 is 13.0 Å². The van der Waals surface area contributed by atoms with Crippen LogP contribution in [0.15, 0.2) is 24.6 Å². The van der Waals surface area contributed by atoms with Gasteiger partial charge in [0, 0.05) is 13.2 Å². The Balaban J connectivity index is 4.31. The minimum atomic E-state index is -2.39. The molecule has 0 N–H and O–H groups in total. The van der Waals surface area contributed by atoms with Gasteiger partial charge in [-0.25, -0.2) is 0 Å². The molecule has 0 aliphatic carbocycles. The SMILES string of the molecule is C=C[Si](C)(OCCCCC)O[Si](C)(C=C)OCCCCCCC. The smallest absolute Gasteiger partial charge is 0.352 e. The van der Waals surface area contributed by atoms with E-state index in [0.29, 0.717) is 0 Å². The molecule has 2 atom stereocenters. The van der Waals surface area contributed by atoms with Crippen molar-refractivity contribution in [3.63, 3.8) is 0 Å². The normalized spacial score (nSPS) is 16.5. The van der Waals surface area contributed by atoms with Crippen molar-refractivity contribution in [2.24, 2.45) is 0 Å². The van der Waals surface area contributed by atoms with Crippen molar-refractivity contribution < 1.29 is 13.0 Å². The zero-order valence-electron chi connectivity index (χ0n) is 15.9. The first-order chi connectivity index (χ1) is 10.9. The van der Waals surface area contributed by atoms with E-state index in [1.165, 1.54) is 38.5 Å². The minimum absolute atomic E-state index is 0.737. The molecule has 0 aliphatic rings. The van der Waals surface area contributed by atoms with E-state index in [-0.39, 0.29) is 0 Å². The van der Waals surface area contributed by atoms with Gasteiger partial charge >= 0.3 is 17.1 Å². The Morgan fingerprint density at radius 1 is 0.696 bits per heavy atom. The van der Waals surface area contributed by atoms with Gasteiger partial charge in [0.1, 0.15) is 0 Å². The molecule has 0 fully saturated rings. The van der Waals surface area contributed by atoms with Crippen LogP contribution < -0.4 is 0 Å². The van der Waals surface area contributed by atoms with Gasteiger partial charge in [-0.2, -0.15) is 0 Å². The predicted molar refractivity (Wildman–Crippen MR) is 105 cm³/mol. The Labute approximate surface area is 146 Å². The summed E-state index contributed by atoms with van der Waals surface area (Å²) in [6.45, 7) is 17.9. The second-order valence-electron chi connectivity index (χ2n) is 6.36. The summed E-state index contributed by atoms with van der Waals surface area (Å²) in [6, 6.07) is 0. The monoisotopic (exact) mass is 358 g/mol. The van der Waals surface area contributed by atoms with Gasteiger partial charge in [0.05, 0.1) is 0 Å². The van der Waals surface area contributed by atoms with E-state index >= 15 is 0 Å². The van der Waals surface area contributed by atoms with E-state index in [2.05, 4.69) is 33.6 Å². The number of hydrogen-bond donors (Lipinski definition) is 0. The van der Waals surface area contributed by atoms with E-state index in [0.717, 1.165) is 26.1 Å². The van der Waals surface area contributed by atoms with Gasteiger partial charge in [0.25, 0.3) is 0 Å². The third-order valence-corrected chi connectivity index (χ3v) is 10.2. The molecular weight excluding hydrogens is 320 g/mol. The van der Waals surface area contributed by atoms with Gasteiger partial charge in [-0.05, 0) is 25.9 Å². The average molecular weight is 359 g/mol. The number of unbranched alkanes of at least 4 members (excludes halogenated alkanes) is 6. The van der Waals surface area contributed by atoms with Gasteiger partial charge in [0.15, 0.2) is 0 Å². The third-order valence-electron chi connectivity index (χ3n) is 3.92. The molecule has 0 radical (unpaired) electrons. The summed E-state index contributed by atoms with van der Waals surface area (Å²) in [6.07, 6.45) is 9.61. The molecule has 0 saturated heterocycles. The lowest BCUT2D eigenvalue weighted by molar-refractivity contribution is 0.197. The fourth-order valence-electron chi connectivity index (χ4n) is 2.27. The Hall–Kier alpha value is -0.206. The van der Waals surface area contributed by atoms with E-state index in [1.54, 1.807) is 0 Å². The van der Waals surface area contributed by atoms with Crippen LogP contribution in [-0.4, -0.2) is 30.3 Å². The predicted octanol–water partition coefficient (Wildman–Crippen LogP) is 5.79. The van der Waals surface area contributed by atoms with Crippen molar-refractivity contribution in [2.45, 2.75) is 78.3 Å². The Kier molecular flexibility index (Phi) is 13.0. The van der Waals surface area contributed by atoms with Gasteiger partial charge in [-0.1, -0.05) is 63.8 Å². The van der Waals surface area contributed by atoms with Crippen LogP contribution in [0.1, 0.15) is 65.2 Å². The molecule has 0 rings (SSSR count). The first kappa shape index (κ1) is 22.8. The Morgan fingerprint density at radius 3 is 1.52 bits per heavy atom. The summed E-state index contributed by atoms with van der Waals surface area (Å²) in [4.78, 5) is 0. The van der Waals surface area contributed by atoms with E-state index in [9.17, 15) is 0 Å². The lowest BCUT2D eigenvalue weighted by Crippen LogP contribution is -2.50. The van der Waals surface area contributed by atoms with Crippen molar-refractivity contribution in [1.82, 2.24) is 0 Å². The van der Waals surface area contributed by atoms with Crippen LogP contribution in [0.4, 0.5) is 0 Å². The fourth-order valence-corrected chi connectivity index (χ4v) is 7.96. The van der Waals surface area contributed by atoms with Crippen molar-refractivity contribution in [3.05, 3.63) is 24.6 Å². The molecule has 0 aromatic rings. The minimum Gasteiger partial charge on any atom is -0.409 e. The maximum atomic E-state index is 6.33. The average Bonchev–Trinajstić information content (AvgIpc) is 2.55. The highest BCUT2D eigenvalue weighted by Gasteiger charge is 2.39. The van der Waals surface area contributed by atoms with Crippen LogP contribution in [0.5, 0.6) is 0 Å². The quantitative estimate of drug-likeness (QED) is 0.258. The Bertz CT molecular complexity index is 325. The number of rotatable bonds is 16. The van der Waals surface area contributed by atoms with E-state index < -0.39 is 17.1 Å². The maximum absolute atomic E-state index is 6.33. The molecule has 0 aromatic heterocycles. The summed E-state index contributed by atoms with van der Waals surface area (Å²) in [5.41, 5.74) is 3.72. The largest absolute Gasteiger partial charge is 0.409 e. The van der Waals surface area contributed by atoms with Crippen LogP contribution in [0.3, 0.4) is 0 Å². The summed E-state index contributed by atoms with van der Waals surface area (Å²) < 4.78 is 18.5. The molecule has 0 amide bonds. The molecule has 0 spiro atoms. The zero-order chi connectivity index (χ0) is 17.6. The molecule has 5 heteroatoms. The standard InChI is InChI=1S/C18H38O3Si2/c1-7-11-13-14-16-18-20-23(6,10-4)21-22(5,9-3)19-17-15-12-8-2/h9-10H,3-4,7-8,11-18H2,1-2,5-6H3. The maximum Gasteiger partial charge on any atom is 0.352 e. The second-order valence-corrected chi connectivity index (χ2v) is 12.6. The second kappa shape index (κ2) is 13.1. The Morgan fingerprint density at radius 2 is 1.09 bits per heavy atom. The highest BCUT2D eigenvalue weighted by Crippen LogP contribution is 2.20. The highest BCUT2D eigenvalue weighted by molar-refractivity contribution is 6.84. The topological polar surface area (TPSA) is 27.7 Å².